The number of hydrogen-bond acceptors (Lipinski definition) is 2. The van der Waals surface area contributed by atoms with Gasteiger partial charge in [0.05, 0.1) is 5.69 Å². The summed E-state index contributed by atoms with van der Waals surface area (Å²) in [6, 6.07) is 3.63. The summed E-state index contributed by atoms with van der Waals surface area (Å²) in [4.78, 5) is 4.14. The molecule has 1 aromatic heterocycles. The van der Waals surface area contributed by atoms with E-state index in [1.807, 2.05) is 17.8 Å². The first-order valence-corrected chi connectivity index (χ1v) is 6.54. The summed E-state index contributed by atoms with van der Waals surface area (Å²) < 4.78 is 15.2. The highest BCUT2D eigenvalue weighted by Crippen LogP contribution is 2.38. The summed E-state index contributed by atoms with van der Waals surface area (Å²) in [5, 5.41) is 0. The molecule has 0 radical (unpaired) electrons. The first-order chi connectivity index (χ1) is 6.71. The van der Waals surface area contributed by atoms with Gasteiger partial charge in [-0.2, -0.15) is 11.8 Å². The van der Waals surface area contributed by atoms with Crippen LogP contribution in [0.2, 0.25) is 0 Å². The van der Waals surface area contributed by atoms with Crippen LogP contribution in [0.3, 0.4) is 0 Å². The Balaban J connectivity index is 2.23. The van der Waals surface area contributed by atoms with Gasteiger partial charge in [-0.3, -0.25) is 4.98 Å². The number of hydrogen-bond donors (Lipinski definition) is 0. The summed E-state index contributed by atoms with van der Waals surface area (Å²) in [7, 11) is 0. The van der Waals surface area contributed by atoms with Crippen molar-refractivity contribution in [1.29, 1.82) is 0 Å². The lowest BCUT2D eigenvalue weighted by molar-refractivity contribution is 0.145. The number of rotatable bonds is 1. The second-order valence-electron chi connectivity index (χ2n) is 3.44. The van der Waals surface area contributed by atoms with E-state index in [0.29, 0.717) is 18.5 Å². The lowest BCUT2D eigenvalue weighted by Crippen LogP contribution is -2.26. The molecular weight excluding hydrogens is 265 g/mol. The maximum Gasteiger partial charge on any atom is 0.154 e. The molecule has 0 bridgehead atoms. The molecular formula is C10H11BrFNS. The van der Waals surface area contributed by atoms with E-state index in [0.717, 1.165) is 16.0 Å². The SMILES string of the molecule is FC1(c2ccc(Br)cn2)CCSCC1. The average Bonchev–Trinajstić information content (AvgIpc) is 2.19. The predicted octanol–water partition coefficient (Wildman–Crippen LogP) is 3.54. The first kappa shape index (κ1) is 10.4. The third-order valence-corrected chi connectivity index (χ3v) is 3.93. The maximum atomic E-state index is 14.3. The summed E-state index contributed by atoms with van der Waals surface area (Å²) >= 11 is 5.12. The van der Waals surface area contributed by atoms with Gasteiger partial charge in [-0.15, -0.1) is 0 Å². The van der Waals surface area contributed by atoms with Gasteiger partial charge in [-0.05, 0) is 52.4 Å². The molecule has 0 spiro atoms. The van der Waals surface area contributed by atoms with Crippen LogP contribution in [0.15, 0.2) is 22.8 Å². The van der Waals surface area contributed by atoms with Crippen LogP contribution in [0.4, 0.5) is 4.39 Å². The van der Waals surface area contributed by atoms with E-state index >= 15 is 0 Å². The molecule has 1 aliphatic rings. The van der Waals surface area contributed by atoms with Crippen molar-refractivity contribution in [2.45, 2.75) is 18.5 Å². The minimum Gasteiger partial charge on any atom is -0.257 e. The van der Waals surface area contributed by atoms with Crippen molar-refractivity contribution in [2.24, 2.45) is 0 Å². The smallest absolute Gasteiger partial charge is 0.154 e. The zero-order valence-corrected chi connectivity index (χ0v) is 10.1. The molecule has 1 nitrogen and oxygen atoms in total. The van der Waals surface area contributed by atoms with Crippen LogP contribution in [0.5, 0.6) is 0 Å². The third-order valence-electron chi connectivity index (χ3n) is 2.47. The van der Waals surface area contributed by atoms with Crippen LogP contribution in [0, 0.1) is 0 Å². The van der Waals surface area contributed by atoms with Gasteiger partial charge < -0.3 is 0 Å². The van der Waals surface area contributed by atoms with Crippen molar-refractivity contribution in [3.8, 4) is 0 Å². The number of alkyl halides is 1. The molecule has 2 rings (SSSR count). The Bertz CT molecular complexity index is 308. The van der Waals surface area contributed by atoms with E-state index in [2.05, 4.69) is 20.9 Å². The lowest BCUT2D eigenvalue weighted by Gasteiger charge is -2.28. The molecule has 0 aromatic carbocycles. The fourth-order valence-corrected chi connectivity index (χ4v) is 2.97. The van der Waals surface area contributed by atoms with Gasteiger partial charge in [0.25, 0.3) is 0 Å². The number of pyridine rings is 1. The van der Waals surface area contributed by atoms with Crippen LogP contribution in [-0.4, -0.2) is 16.5 Å². The van der Waals surface area contributed by atoms with Crippen molar-refractivity contribution in [1.82, 2.24) is 4.98 Å². The van der Waals surface area contributed by atoms with E-state index in [1.54, 1.807) is 12.3 Å². The fourth-order valence-electron chi connectivity index (χ4n) is 1.59. The van der Waals surface area contributed by atoms with E-state index < -0.39 is 5.67 Å². The van der Waals surface area contributed by atoms with Gasteiger partial charge in [-0.25, -0.2) is 4.39 Å². The highest BCUT2D eigenvalue weighted by atomic mass is 79.9. The van der Waals surface area contributed by atoms with E-state index in [4.69, 9.17) is 0 Å². The summed E-state index contributed by atoms with van der Waals surface area (Å²) in [6.07, 6.45) is 2.84. The standard InChI is InChI=1S/C10H11BrFNS/c11-8-1-2-9(13-7-8)10(12)3-5-14-6-4-10/h1-2,7H,3-6H2. The Hall–Kier alpha value is -0.0900. The van der Waals surface area contributed by atoms with E-state index in [-0.39, 0.29) is 0 Å². The van der Waals surface area contributed by atoms with Gasteiger partial charge in [0.15, 0.2) is 5.67 Å². The molecule has 0 saturated carbocycles. The van der Waals surface area contributed by atoms with Gasteiger partial charge in [0, 0.05) is 10.7 Å². The highest BCUT2D eigenvalue weighted by molar-refractivity contribution is 9.10. The van der Waals surface area contributed by atoms with Gasteiger partial charge in [-0.1, -0.05) is 0 Å². The molecule has 1 fully saturated rings. The molecule has 0 N–H and O–H groups in total. The first-order valence-electron chi connectivity index (χ1n) is 4.59. The molecule has 0 aliphatic carbocycles. The largest absolute Gasteiger partial charge is 0.257 e. The van der Waals surface area contributed by atoms with Gasteiger partial charge >= 0.3 is 0 Å². The minimum absolute atomic E-state index is 0.584. The molecule has 0 atom stereocenters. The quantitative estimate of drug-likeness (QED) is 0.778. The number of halogens is 2. The van der Waals surface area contributed by atoms with Crippen LogP contribution < -0.4 is 0 Å². The Morgan fingerprint density at radius 3 is 2.64 bits per heavy atom. The van der Waals surface area contributed by atoms with Crippen molar-refractivity contribution >= 4 is 27.7 Å². The molecule has 0 amide bonds. The molecule has 4 heteroatoms. The minimum atomic E-state index is -1.19. The molecule has 2 heterocycles. The Kier molecular flexibility index (Phi) is 3.12. The third kappa shape index (κ3) is 2.11. The molecule has 1 aliphatic heterocycles. The van der Waals surface area contributed by atoms with Crippen LogP contribution >= 0.6 is 27.7 Å². The number of aromatic nitrogens is 1. The van der Waals surface area contributed by atoms with Crippen molar-refractivity contribution in [3.63, 3.8) is 0 Å². The van der Waals surface area contributed by atoms with Crippen LogP contribution in [-0.2, 0) is 5.67 Å². The van der Waals surface area contributed by atoms with E-state index in [9.17, 15) is 4.39 Å². The number of nitrogens with zero attached hydrogens (tertiary/aromatic N) is 1. The zero-order valence-electron chi connectivity index (χ0n) is 7.67. The monoisotopic (exact) mass is 275 g/mol. The van der Waals surface area contributed by atoms with Crippen molar-refractivity contribution in [3.05, 3.63) is 28.5 Å². The Morgan fingerprint density at radius 2 is 2.07 bits per heavy atom. The van der Waals surface area contributed by atoms with Crippen LogP contribution in [0.1, 0.15) is 18.5 Å². The maximum absolute atomic E-state index is 14.3. The molecule has 0 unspecified atom stereocenters. The van der Waals surface area contributed by atoms with Crippen molar-refractivity contribution < 1.29 is 4.39 Å². The Morgan fingerprint density at radius 1 is 1.36 bits per heavy atom. The van der Waals surface area contributed by atoms with Crippen molar-refractivity contribution in [2.75, 3.05) is 11.5 Å². The summed E-state index contributed by atoms with van der Waals surface area (Å²) in [5.74, 6) is 1.79. The summed E-state index contributed by atoms with van der Waals surface area (Å²) in [5.41, 5.74) is -0.604. The second-order valence-corrected chi connectivity index (χ2v) is 5.58. The summed E-state index contributed by atoms with van der Waals surface area (Å²) in [6.45, 7) is 0. The van der Waals surface area contributed by atoms with Gasteiger partial charge in [0.2, 0.25) is 0 Å². The molecule has 14 heavy (non-hydrogen) atoms. The van der Waals surface area contributed by atoms with E-state index in [1.165, 1.54) is 0 Å². The lowest BCUT2D eigenvalue weighted by atomic mass is 9.94. The average molecular weight is 276 g/mol. The topological polar surface area (TPSA) is 12.9 Å². The zero-order chi connectivity index (χ0) is 10.0. The normalized spacial score (nSPS) is 20.7. The number of thioether (sulfide) groups is 1. The van der Waals surface area contributed by atoms with Crippen LogP contribution in [0.25, 0.3) is 0 Å². The predicted molar refractivity (Wildman–Crippen MR) is 61.3 cm³/mol. The van der Waals surface area contributed by atoms with Gasteiger partial charge in [0.1, 0.15) is 0 Å². The highest BCUT2D eigenvalue weighted by Gasteiger charge is 2.35. The molecule has 1 aromatic rings. The second kappa shape index (κ2) is 4.19. The Labute approximate surface area is 95.6 Å². The molecule has 76 valence electrons. The fraction of sp³-hybridized carbons (Fsp3) is 0.500. The molecule has 1 saturated heterocycles.